The van der Waals surface area contributed by atoms with Gasteiger partial charge in [-0.05, 0) is 50.6 Å². The van der Waals surface area contributed by atoms with Crippen LogP contribution in [-0.4, -0.2) is 36.5 Å². The topological polar surface area (TPSA) is 58.6 Å². The van der Waals surface area contributed by atoms with Gasteiger partial charge in [0.25, 0.3) is 0 Å². The number of hydrogen-bond acceptors (Lipinski definition) is 4. The van der Waals surface area contributed by atoms with Gasteiger partial charge in [-0.2, -0.15) is 0 Å². The number of thioether (sulfide) groups is 1. The van der Waals surface area contributed by atoms with Crippen LogP contribution in [0.25, 0.3) is 0 Å². The molecule has 0 atom stereocenters. The van der Waals surface area contributed by atoms with Gasteiger partial charge in [-0.25, -0.2) is 0 Å². The Morgan fingerprint density at radius 1 is 1.07 bits per heavy atom. The van der Waals surface area contributed by atoms with E-state index in [1.165, 1.54) is 11.8 Å². The van der Waals surface area contributed by atoms with Crippen LogP contribution in [0.1, 0.15) is 19.4 Å². The zero-order valence-corrected chi connectivity index (χ0v) is 16.8. The molecule has 0 saturated heterocycles. The van der Waals surface area contributed by atoms with Crippen molar-refractivity contribution >= 4 is 35.0 Å². The van der Waals surface area contributed by atoms with Crippen LogP contribution < -0.4 is 15.0 Å². The molecule has 2 aromatic carbocycles. The van der Waals surface area contributed by atoms with Crippen LogP contribution in [0.4, 0.5) is 11.4 Å². The molecule has 0 saturated carbocycles. The van der Waals surface area contributed by atoms with Gasteiger partial charge in [0.1, 0.15) is 5.75 Å². The van der Waals surface area contributed by atoms with Gasteiger partial charge in [0.2, 0.25) is 11.8 Å². The number of rotatable bonds is 9. The number of benzene rings is 2. The number of hydrogen-bond donors (Lipinski definition) is 1. The molecule has 2 amide bonds. The second-order valence-corrected chi connectivity index (χ2v) is 6.93. The Morgan fingerprint density at radius 3 is 2.56 bits per heavy atom. The van der Waals surface area contributed by atoms with Crippen LogP contribution in [0.5, 0.6) is 5.75 Å². The lowest BCUT2D eigenvalue weighted by Gasteiger charge is -2.21. The molecule has 0 aliphatic heterocycles. The van der Waals surface area contributed by atoms with Crippen molar-refractivity contribution in [1.82, 2.24) is 0 Å². The Hall–Kier alpha value is -2.47. The van der Waals surface area contributed by atoms with E-state index in [0.29, 0.717) is 24.6 Å². The van der Waals surface area contributed by atoms with E-state index in [4.69, 9.17) is 4.74 Å². The molecule has 2 aromatic rings. The molecular weight excluding hydrogens is 360 g/mol. The maximum Gasteiger partial charge on any atom is 0.236 e. The average molecular weight is 387 g/mol. The molecule has 144 valence electrons. The Kier molecular flexibility index (Phi) is 8.20. The summed E-state index contributed by atoms with van der Waals surface area (Å²) < 4.78 is 5.50. The fourth-order valence-corrected chi connectivity index (χ4v) is 3.34. The lowest BCUT2D eigenvalue weighted by Crippen LogP contribution is -2.32. The molecule has 27 heavy (non-hydrogen) atoms. The third-order valence-corrected chi connectivity index (χ3v) is 4.77. The zero-order valence-electron chi connectivity index (χ0n) is 16.0. The largest absolute Gasteiger partial charge is 0.492 e. The summed E-state index contributed by atoms with van der Waals surface area (Å²) in [6, 6.07) is 15.2. The van der Waals surface area contributed by atoms with E-state index in [1.54, 1.807) is 11.0 Å². The fourth-order valence-electron chi connectivity index (χ4n) is 2.65. The van der Waals surface area contributed by atoms with Gasteiger partial charge in [-0.3, -0.25) is 9.59 Å². The molecule has 0 heterocycles. The molecule has 6 heteroatoms. The Balaban J connectivity index is 1.86. The van der Waals surface area contributed by atoms with Crippen LogP contribution >= 0.6 is 11.8 Å². The van der Waals surface area contributed by atoms with Gasteiger partial charge in [0.15, 0.2) is 0 Å². The molecule has 2 rings (SSSR count). The molecule has 0 bridgehead atoms. The number of aryl methyl sites for hydroxylation is 1. The minimum atomic E-state index is -0.154. The van der Waals surface area contributed by atoms with Crippen molar-refractivity contribution < 1.29 is 14.3 Å². The third kappa shape index (κ3) is 6.32. The second-order valence-electron chi connectivity index (χ2n) is 5.95. The number of carbonyl (C=O) groups excluding carboxylic acids is 2. The highest BCUT2D eigenvalue weighted by Crippen LogP contribution is 2.24. The zero-order chi connectivity index (χ0) is 19.6. The fraction of sp³-hybridized carbons (Fsp3) is 0.333. The second kappa shape index (κ2) is 10.6. The normalized spacial score (nSPS) is 10.3. The van der Waals surface area contributed by atoms with Gasteiger partial charge in [-0.1, -0.05) is 24.3 Å². The minimum Gasteiger partial charge on any atom is -0.492 e. The Labute approximate surface area is 165 Å². The molecule has 0 aromatic heterocycles. The van der Waals surface area contributed by atoms with Crippen molar-refractivity contribution in [1.29, 1.82) is 0 Å². The first-order valence-electron chi connectivity index (χ1n) is 9.01. The lowest BCUT2D eigenvalue weighted by atomic mass is 10.2. The summed E-state index contributed by atoms with van der Waals surface area (Å²) in [6.45, 7) is 6.97. The van der Waals surface area contributed by atoms with Gasteiger partial charge >= 0.3 is 0 Å². The summed E-state index contributed by atoms with van der Waals surface area (Å²) in [5, 5.41) is 2.84. The van der Waals surface area contributed by atoms with Crippen molar-refractivity contribution in [2.24, 2.45) is 0 Å². The van der Waals surface area contributed by atoms with Gasteiger partial charge in [-0.15, -0.1) is 11.8 Å². The Bertz CT molecular complexity index is 780. The summed E-state index contributed by atoms with van der Waals surface area (Å²) in [5.41, 5.74) is 2.64. The molecule has 0 radical (unpaired) electrons. The molecule has 0 fully saturated rings. The Morgan fingerprint density at radius 2 is 1.85 bits per heavy atom. The number of anilines is 2. The maximum atomic E-state index is 12.5. The predicted molar refractivity (Wildman–Crippen MR) is 113 cm³/mol. The summed E-state index contributed by atoms with van der Waals surface area (Å²) in [4.78, 5) is 26.4. The number of amides is 2. The van der Waals surface area contributed by atoms with E-state index >= 15 is 0 Å². The monoisotopic (exact) mass is 386 g/mol. The standard InChI is InChI=1S/C21H26N2O3S/c1-4-23(17-10-8-9-16(3)13-17)21(25)15-27-14-20(24)22-18-11-6-7-12-19(18)26-5-2/h6-13H,4-5,14-15H2,1-3H3,(H,22,24). The summed E-state index contributed by atoms with van der Waals surface area (Å²) in [7, 11) is 0. The van der Waals surface area contributed by atoms with E-state index in [2.05, 4.69) is 5.32 Å². The molecular formula is C21H26N2O3S. The highest BCUT2D eigenvalue weighted by atomic mass is 32.2. The van der Waals surface area contributed by atoms with E-state index in [0.717, 1.165) is 11.3 Å². The first-order chi connectivity index (χ1) is 13.0. The van der Waals surface area contributed by atoms with E-state index < -0.39 is 0 Å². The molecule has 0 aliphatic carbocycles. The summed E-state index contributed by atoms with van der Waals surface area (Å²) >= 11 is 1.31. The smallest absolute Gasteiger partial charge is 0.236 e. The number of carbonyl (C=O) groups is 2. The number of para-hydroxylation sites is 2. The van der Waals surface area contributed by atoms with Crippen LogP contribution in [0, 0.1) is 6.92 Å². The van der Waals surface area contributed by atoms with E-state index in [-0.39, 0.29) is 23.3 Å². The first-order valence-corrected chi connectivity index (χ1v) is 10.2. The van der Waals surface area contributed by atoms with Crippen molar-refractivity contribution in [3.8, 4) is 5.75 Å². The SMILES string of the molecule is CCOc1ccccc1NC(=O)CSCC(=O)N(CC)c1cccc(C)c1. The quantitative estimate of drug-likeness (QED) is 0.704. The molecule has 5 nitrogen and oxygen atoms in total. The maximum absolute atomic E-state index is 12.5. The van der Waals surface area contributed by atoms with Gasteiger partial charge < -0.3 is 15.0 Å². The third-order valence-electron chi connectivity index (χ3n) is 3.85. The van der Waals surface area contributed by atoms with Gasteiger partial charge in [0, 0.05) is 12.2 Å². The summed E-state index contributed by atoms with van der Waals surface area (Å²) in [6.07, 6.45) is 0. The minimum absolute atomic E-state index is 0.00406. The van der Waals surface area contributed by atoms with Crippen molar-refractivity contribution in [3.05, 3.63) is 54.1 Å². The van der Waals surface area contributed by atoms with E-state index in [1.807, 2.05) is 63.2 Å². The predicted octanol–water partition coefficient (Wildman–Crippen LogP) is 4.12. The molecule has 0 spiro atoms. The van der Waals surface area contributed by atoms with Crippen LogP contribution in [-0.2, 0) is 9.59 Å². The average Bonchev–Trinajstić information content (AvgIpc) is 2.64. The summed E-state index contributed by atoms with van der Waals surface area (Å²) in [5.74, 6) is 0.945. The first kappa shape index (κ1) is 20.8. The van der Waals surface area contributed by atoms with Crippen LogP contribution in [0.3, 0.4) is 0 Å². The van der Waals surface area contributed by atoms with Crippen molar-refractivity contribution in [3.63, 3.8) is 0 Å². The highest BCUT2D eigenvalue weighted by Gasteiger charge is 2.15. The molecule has 0 unspecified atom stereocenters. The lowest BCUT2D eigenvalue weighted by molar-refractivity contribution is -0.116. The van der Waals surface area contributed by atoms with Crippen LogP contribution in [0.2, 0.25) is 0 Å². The number of ether oxygens (including phenoxy) is 1. The molecule has 1 N–H and O–H groups in total. The number of nitrogens with zero attached hydrogens (tertiary/aromatic N) is 1. The number of nitrogens with one attached hydrogen (secondary N) is 1. The van der Waals surface area contributed by atoms with Crippen LogP contribution in [0.15, 0.2) is 48.5 Å². The van der Waals surface area contributed by atoms with E-state index in [9.17, 15) is 9.59 Å². The van der Waals surface area contributed by atoms with Crippen molar-refractivity contribution in [2.75, 3.05) is 34.9 Å². The van der Waals surface area contributed by atoms with Gasteiger partial charge in [0.05, 0.1) is 23.8 Å². The highest BCUT2D eigenvalue weighted by molar-refractivity contribution is 8.00. The molecule has 0 aliphatic rings. The van der Waals surface area contributed by atoms with Crippen molar-refractivity contribution in [2.45, 2.75) is 20.8 Å².